The number of nitrogens with zero attached hydrogens (tertiary/aromatic N) is 3. The predicted octanol–water partition coefficient (Wildman–Crippen LogP) is 3.28. The second kappa shape index (κ2) is 9.83. The molecule has 0 radical (unpaired) electrons. The molecule has 168 valence electrons. The van der Waals surface area contributed by atoms with Gasteiger partial charge in [0.05, 0.1) is 25.5 Å². The van der Waals surface area contributed by atoms with Gasteiger partial charge in [-0.25, -0.2) is 4.79 Å². The van der Waals surface area contributed by atoms with Crippen molar-refractivity contribution in [1.29, 1.82) is 0 Å². The maximum atomic E-state index is 12.6. The molecule has 7 nitrogen and oxygen atoms in total. The van der Waals surface area contributed by atoms with E-state index in [4.69, 9.17) is 14.2 Å². The molecule has 1 aromatic carbocycles. The molecule has 3 heterocycles. The summed E-state index contributed by atoms with van der Waals surface area (Å²) in [6, 6.07) is 8.97. The molecule has 1 aromatic heterocycles. The molecule has 1 saturated heterocycles. The van der Waals surface area contributed by atoms with Gasteiger partial charge in [0.2, 0.25) is 5.88 Å². The molecule has 0 aliphatic carbocycles. The fourth-order valence-corrected chi connectivity index (χ4v) is 4.51. The highest BCUT2D eigenvalue weighted by Crippen LogP contribution is 2.33. The number of anilines is 1. The van der Waals surface area contributed by atoms with Crippen molar-refractivity contribution >= 4 is 5.69 Å². The van der Waals surface area contributed by atoms with Gasteiger partial charge in [-0.1, -0.05) is 26.3 Å². The SMILES string of the molecule is CCCC(CC)N(C)c1ccc2c(c1)CCn1c-2cc(OC[C@@H]2COCCO2)nc1=O. The summed E-state index contributed by atoms with van der Waals surface area (Å²) in [5.74, 6) is 0.341. The second-order valence-corrected chi connectivity index (χ2v) is 8.35. The van der Waals surface area contributed by atoms with Crippen molar-refractivity contribution in [3.8, 4) is 17.1 Å². The molecule has 2 aliphatic rings. The van der Waals surface area contributed by atoms with Crippen LogP contribution in [-0.4, -0.2) is 55.2 Å². The van der Waals surface area contributed by atoms with Crippen LogP contribution in [0.15, 0.2) is 29.1 Å². The third kappa shape index (κ3) is 4.77. The van der Waals surface area contributed by atoms with Crippen molar-refractivity contribution in [3.05, 3.63) is 40.3 Å². The third-order valence-electron chi connectivity index (χ3n) is 6.31. The molecule has 2 aromatic rings. The molecule has 0 amide bonds. The summed E-state index contributed by atoms with van der Waals surface area (Å²) in [6.07, 6.45) is 4.18. The van der Waals surface area contributed by atoms with E-state index in [-0.39, 0.29) is 11.8 Å². The van der Waals surface area contributed by atoms with Crippen molar-refractivity contribution in [2.45, 2.75) is 58.2 Å². The lowest BCUT2D eigenvalue weighted by Gasteiger charge is -2.31. The summed E-state index contributed by atoms with van der Waals surface area (Å²) in [5.41, 5.74) is 4.17. The topological polar surface area (TPSA) is 65.8 Å². The lowest BCUT2D eigenvalue weighted by atomic mass is 9.96. The standard InChI is InChI=1S/C24H33N3O4/c1-4-6-18(5-2)26(3)19-7-8-21-17(13-19)9-10-27-22(21)14-23(25-24(27)28)31-16-20-15-29-11-12-30-20/h7-8,13-14,18,20H,4-6,9-12,15-16H2,1-3H3/t18?,20-/m0/s1. The highest BCUT2D eigenvalue weighted by Gasteiger charge is 2.22. The normalized spacial score (nSPS) is 18.7. The Labute approximate surface area is 183 Å². The summed E-state index contributed by atoms with van der Waals surface area (Å²) in [4.78, 5) is 19.1. The summed E-state index contributed by atoms with van der Waals surface area (Å²) >= 11 is 0. The number of hydrogen-bond donors (Lipinski definition) is 0. The van der Waals surface area contributed by atoms with E-state index in [0.29, 0.717) is 44.9 Å². The molecule has 0 bridgehead atoms. The minimum atomic E-state index is -0.269. The van der Waals surface area contributed by atoms with Gasteiger partial charge in [0.15, 0.2) is 0 Å². The van der Waals surface area contributed by atoms with Crippen molar-refractivity contribution in [1.82, 2.24) is 9.55 Å². The van der Waals surface area contributed by atoms with Gasteiger partial charge in [0.25, 0.3) is 0 Å². The molecular formula is C24H33N3O4. The van der Waals surface area contributed by atoms with E-state index >= 15 is 0 Å². The number of rotatable bonds is 8. The molecule has 1 fully saturated rings. The average Bonchev–Trinajstić information content (AvgIpc) is 2.81. The van der Waals surface area contributed by atoms with E-state index in [1.54, 1.807) is 4.57 Å². The Morgan fingerprint density at radius 1 is 1.29 bits per heavy atom. The number of fused-ring (bicyclic) bond motifs is 3. The van der Waals surface area contributed by atoms with E-state index in [1.807, 2.05) is 6.07 Å². The van der Waals surface area contributed by atoms with Gasteiger partial charge in [-0.05, 0) is 37.0 Å². The van der Waals surface area contributed by atoms with E-state index in [9.17, 15) is 4.79 Å². The van der Waals surface area contributed by atoms with E-state index in [1.165, 1.54) is 24.1 Å². The van der Waals surface area contributed by atoms with Gasteiger partial charge in [-0.15, -0.1) is 0 Å². The van der Waals surface area contributed by atoms with Crippen molar-refractivity contribution < 1.29 is 14.2 Å². The number of aromatic nitrogens is 2. The van der Waals surface area contributed by atoms with Gasteiger partial charge in [-0.3, -0.25) is 4.57 Å². The highest BCUT2D eigenvalue weighted by molar-refractivity contribution is 5.70. The Morgan fingerprint density at radius 3 is 2.90 bits per heavy atom. The van der Waals surface area contributed by atoms with Crippen LogP contribution < -0.4 is 15.3 Å². The van der Waals surface area contributed by atoms with Crippen LogP contribution in [0.2, 0.25) is 0 Å². The minimum absolute atomic E-state index is 0.130. The van der Waals surface area contributed by atoms with Crippen LogP contribution in [0.4, 0.5) is 5.69 Å². The van der Waals surface area contributed by atoms with E-state index < -0.39 is 0 Å². The molecule has 0 saturated carbocycles. The second-order valence-electron chi connectivity index (χ2n) is 8.35. The quantitative estimate of drug-likeness (QED) is 0.644. The number of aryl methyl sites for hydroxylation is 1. The van der Waals surface area contributed by atoms with Gasteiger partial charge in [0, 0.05) is 37.0 Å². The van der Waals surface area contributed by atoms with E-state index in [0.717, 1.165) is 24.1 Å². The fourth-order valence-electron chi connectivity index (χ4n) is 4.51. The Hall–Kier alpha value is -2.38. The maximum absolute atomic E-state index is 12.6. The van der Waals surface area contributed by atoms with Crippen molar-refractivity contribution in [2.24, 2.45) is 0 Å². The zero-order chi connectivity index (χ0) is 21.8. The first-order valence-corrected chi connectivity index (χ1v) is 11.4. The highest BCUT2D eigenvalue weighted by atomic mass is 16.6. The lowest BCUT2D eigenvalue weighted by Crippen LogP contribution is -2.34. The molecule has 0 N–H and O–H groups in total. The summed E-state index contributed by atoms with van der Waals surface area (Å²) < 4.78 is 18.6. The average molecular weight is 428 g/mol. The Bertz CT molecular complexity index is 952. The van der Waals surface area contributed by atoms with Crippen molar-refractivity contribution in [3.63, 3.8) is 0 Å². The molecule has 4 rings (SSSR count). The van der Waals surface area contributed by atoms with Gasteiger partial charge in [0.1, 0.15) is 12.7 Å². The molecule has 7 heteroatoms. The molecule has 2 aliphatic heterocycles. The maximum Gasteiger partial charge on any atom is 0.351 e. The molecule has 31 heavy (non-hydrogen) atoms. The van der Waals surface area contributed by atoms with Crippen molar-refractivity contribution in [2.75, 3.05) is 38.4 Å². The summed E-state index contributed by atoms with van der Waals surface area (Å²) in [6.45, 7) is 7.11. The fraction of sp³-hybridized carbons (Fsp3) is 0.583. The molecular weight excluding hydrogens is 394 g/mol. The Morgan fingerprint density at radius 2 is 2.16 bits per heavy atom. The smallest absolute Gasteiger partial charge is 0.351 e. The monoisotopic (exact) mass is 427 g/mol. The van der Waals surface area contributed by atoms with Crippen LogP contribution in [0.25, 0.3) is 11.3 Å². The van der Waals surface area contributed by atoms with Crippen LogP contribution in [0.1, 0.15) is 38.7 Å². The zero-order valence-corrected chi connectivity index (χ0v) is 18.8. The summed E-state index contributed by atoms with van der Waals surface area (Å²) in [5, 5.41) is 0. The number of benzene rings is 1. The third-order valence-corrected chi connectivity index (χ3v) is 6.31. The Balaban J connectivity index is 1.57. The van der Waals surface area contributed by atoms with Crippen LogP contribution in [0, 0.1) is 0 Å². The largest absolute Gasteiger partial charge is 0.475 e. The van der Waals surface area contributed by atoms with Gasteiger partial charge >= 0.3 is 5.69 Å². The lowest BCUT2D eigenvalue weighted by molar-refractivity contribution is -0.102. The molecule has 1 unspecified atom stereocenters. The molecule has 2 atom stereocenters. The number of ether oxygens (including phenoxy) is 3. The first-order valence-electron chi connectivity index (χ1n) is 11.4. The Kier molecular flexibility index (Phi) is 6.92. The van der Waals surface area contributed by atoms with Crippen LogP contribution in [0.5, 0.6) is 5.88 Å². The van der Waals surface area contributed by atoms with Crippen LogP contribution >= 0.6 is 0 Å². The minimum Gasteiger partial charge on any atom is -0.475 e. The van der Waals surface area contributed by atoms with E-state index in [2.05, 4.69) is 49.0 Å². The first kappa shape index (κ1) is 21.8. The number of hydrogen-bond acceptors (Lipinski definition) is 6. The van der Waals surface area contributed by atoms with Crippen LogP contribution in [0.3, 0.4) is 0 Å². The molecule has 0 spiro atoms. The predicted molar refractivity (Wildman–Crippen MR) is 121 cm³/mol. The van der Waals surface area contributed by atoms with Crippen LogP contribution in [-0.2, 0) is 22.4 Å². The summed E-state index contributed by atoms with van der Waals surface area (Å²) in [7, 11) is 2.18. The first-order chi connectivity index (χ1) is 15.1. The van der Waals surface area contributed by atoms with Gasteiger partial charge < -0.3 is 19.1 Å². The van der Waals surface area contributed by atoms with Gasteiger partial charge in [-0.2, -0.15) is 4.98 Å². The zero-order valence-electron chi connectivity index (χ0n) is 18.8.